The van der Waals surface area contributed by atoms with Crippen molar-refractivity contribution in [2.75, 3.05) is 5.73 Å². The number of fused-ring (bicyclic) bond motifs is 1. The van der Waals surface area contributed by atoms with E-state index in [2.05, 4.69) is 4.98 Å². The van der Waals surface area contributed by atoms with Crippen molar-refractivity contribution in [3.8, 4) is 0 Å². The van der Waals surface area contributed by atoms with E-state index >= 15 is 0 Å². The number of imidazole rings is 1. The Morgan fingerprint density at radius 2 is 2.23 bits per heavy atom. The van der Waals surface area contributed by atoms with Gasteiger partial charge in [0.25, 0.3) is 0 Å². The fourth-order valence-corrected chi connectivity index (χ4v) is 1.53. The lowest BCUT2D eigenvalue weighted by Gasteiger charge is -2.00. The first-order chi connectivity index (χ1) is 6.24. The van der Waals surface area contributed by atoms with Gasteiger partial charge in [0.2, 0.25) is 0 Å². The Labute approximate surface area is 76.2 Å². The molecule has 0 saturated heterocycles. The van der Waals surface area contributed by atoms with Gasteiger partial charge in [-0.2, -0.15) is 0 Å². The normalized spacial score (nSPS) is 10.9. The van der Waals surface area contributed by atoms with Crippen molar-refractivity contribution in [1.82, 2.24) is 9.55 Å². The number of para-hydroxylation sites is 1. The van der Waals surface area contributed by atoms with E-state index in [-0.39, 0.29) is 0 Å². The minimum absolute atomic E-state index is 0.435. The van der Waals surface area contributed by atoms with Gasteiger partial charge in [0.05, 0.1) is 23.3 Å². The first-order valence-corrected chi connectivity index (χ1v) is 4.14. The fraction of sp³-hybridized carbons (Fsp3) is 0.222. The van der Waals surface area contributed by atoms with Crippen LogP contribution in [-0.2, 0) is 13.6 Å². The third-order valence-electron chi connectivity index (χ3n) is 2.20. The van der Waals surface area contributed by atoms with Crippen LogP contribution in [0.4, 0.5) is 5.69 Å². The lowest BCUT2D eigenvalue weighted by atomic mass is 10.3. The van der Waals surface area contributed by atoms with Crippen molar-refractivity contribution >= 4 is 16.7 Å². The summed E-state index contributed by atoms with van der Waals surface area (Å²) in [6.45, 7) is 0.435. The molecule has 13 heavy (non-hydrogen) atoms. The number of nitrogens with zero attached hydrogens (tertiary/aromatic N) is 2. The molecule has 1 aromatic heterocycles. The van der Waals surface area contributed by atoms with Crippen LogP contribution in [0.25, 0.3) is 11.0 Å². The molecule has 0 unspecified atom stereocenters. The Balaban J connectivity index is 2.85. The standard InChI is InChI=1S/C9H12N4/c1-13-8(5-10)12-7-4-2-3-6(11)9(7)13/h2-4H,5,10-11H2,1H3. The summed E-state index contributed by atoms with van der Waals surface area (Å²) in [5, 5.41) is 0. The van der Waals surface area contributed by atoms with Crippen LogP contribution in [0.1, 0.15) is 5.82 Å². The van der Waals surface area contributed by atoms with E-state index in [0.717, 1.165) is 22.5 Å². The van der Waals surface area contributed by atoms with Gasteiger partial charge in [-0.25, -0.2) is 4.98 Å². The molecular formula is C9H12N4. The van der Waals surface area contributed by atoms with E-state index in [4.69, 9.17) is 11.5 Å². The van der Waals surface area contributed by atoms with Crippen LogP contribution in [0.15, 0.2) is 18.2 Å². The van der Waals surface area contributed by atoms with Crippen LogP contribution < -0.4 is 11.5 Å². The minimum atomic E-state index is 0.435. The van der Waals surface area contributed by atoms with Gasteiger partial charge in [0.15, 0.2) is 0 Å². The van der Waals surface area contributed by atoms with E-state index in [1.165, 1.54) is 0 Å². The minimum Gasteiger partial charge on any atom is -0.397 e. The van der Waals surface area contributed by atoms with Gasteiger partial charge in [-0.3, -0.25) is 0 Å². The molecule has 0 aliphatic carbocycles. The monoisotopic (exact) mass is 176 g/mol. The van der Waals surface area contributed by atoms with Gasteiger partial charge in [-0.1, -0.05) is 6.07 Å². The molecule has 4 nitrogen and oxygen atoms in total. The third kappa shape index (κ3) is 1.07. The number of rotatable bonds is 1. The number of nitrogens with two attached hydrogens (primary N) is 2. The molecule has 0 atom stereocenters. The summed E-state index contributed by atoms with van der Waals surface area (Å²) < 4.78 is 1.94. The molecule has 0 radical (unpaired) electrons. The molecule has 0 saturated carbocycles. The highest BCUT2D eigenvalue weighted by Gasteiger charge is 2.07. The second kappa shape index (κ2) is 2.74. The predicted octanol–water partition coefficient (Wildman–Crippen LogP) is 0.614. The van der Waals surface area contributed by atoms with Crippen LogP contribution >= 0.6 is 0 Å². The topological polar surface area (TPSA) is 69.9 Å². The van der Waals surface area contributed by atoms with Crippen LogP contribution in [0.2, 0.25) is 0 Å². The van der Waals surface area contributed by atoms with Crippen molar-refractivity contribution in [2.45, 2.75) is 6.54 Å². The van der Waals surface area contributed by atoms with Gasteiger partial charge >= 0.3 is 0 Å². The lowest BCUT2D eigenvalue weighted by molar-refractivity contribution is 0.813. The second-order valence-corrected chi connectivity index (χ2v) is 3.01. The highest BCUT2D eigenvalue weighted by atomic mass is 15.1. The molecule has 4 N–H and O–H groups in total. The van der Waals surface area contributed by atoms with E-state index in [1.807, 2.05) is 29.8 Å². The number of aromatic nitrogens is 2. The summed E-state index contributed by atoms with van der Waals surface area (Å²) >= 11 is 0. The summed E-state index contributed by atoms with van der Waals surface area (Å²) in [5.41, 5.74) is 14.0. The zero-order valence-corrected chi connectivity index (χ0v) is 7.49. The molecule has 4 heteroatoms. The largest absolute Gasteiger partial charge is 0.397 e. The fourth-order valence-electron chi connectivity index (χ4n) is 1.53. The maximum Gasteiger partial charge on any atom is 0.123 e. The Bertz CT molecular complexity index is 444. The van der Waals surface area contributed by atoms with Crippen molar-refractivity contribution in [1.29, 1.82) is 0 Å². The number of benzene rings is 1. The molecule has 0 aliphatic heterocycles. The average molecular weight is 176 g/mol. The quantitative estimate of drug-likeness (QED) is 0.625. The lowest BCUT2D eigenvalue weighted by Crippen LogP contribution is -2.04. The van der Waals surface area contributed by atoms with Crippen LogP contribution in [0.3, 0.4) is 0 Å². The van der Waals surface area contributed by atoms with Gasteiger partial charge in [-0.05, 0) is 12.1 Å². The smallest absolute Gasteiger partial charge is 0.123 e. The zero-order valence-electron chi connectivity index (χ0n) is 7.49. The molecule has 0 bridgehead atoms. The maximum atomic E-state index is 5.82. The second-order valence-electron chi connectivity index (χ2n) is 3.01. The summed E-state index contributed by atoms with van der Waals surface area (Å²) in [6.07, 6.45) is 0. The molecule has 1 aromatic carbocycles. The van der Waals surface area contributed by atoms with Crippen molar-refractivity contribution in [2.24, 2.45) is 12.8 Å². The molecular weight excluding hydrogens is 164 g/mol. The van der Waals surface area contributed by atoms with E-state index in [1.54, 1.807) is 0 Å². The van der Waals surface area contributed by atoms with Crippen LogP contribution in [0, 0.1) is 0 Å². The van der Waals surface area contributed by atoms with E-state index < -0.39 is 0 Å². The van der Waals surface area contributed by atoms with Gasteiger partial charge in [0.1, 0.15) is 5.82 Å². The molecule has 0 aliphatic rings. The van der Waals surface area contributed by atoms with Crippen LogP contribution in [0.5, 0.6) is 0 Å². The molecule has 0 spiro atoms. The van der Waals surface area contributed by atoms with Crippen molar-refractivity contribution < 1.29 is 0 Å². The summed E-state index contributed by atoms with van der Waals surface area (Å²) in [7, 11) is 1.92. The summed E-state index contributed by atoms with van der Waals surface area (Å²) in [6, 6.07) is 5.69. The van der Waals surface area contributed by atoms with E-state index in [9.17, 15) is 0 Å². The third-order valence-corrected chi connectivity index (χ3v) is 2.20. The number of nitrogen functional groups attached to an aromatic ring is 1. The highest BCUT2D eigenvalue weighted by Crippen LogP contribution is 2.20. The number of aryl methyl sites for hydroxylation is 1. The first kappa shape index (κ1) is 8.07. The number of hydrogen-bond donors (Lipinski definition) is 2. The predicted molar refractivity (Wildman–Crippen MR) is 53.0 cm³/mol. The average Bonchev–Trinajstić information content (AvgIpc) is 2.44. The van der Waals surface area contributed by atoms with Crippen molar-refractivity contribution in [3.05, 3.63) is 24.0 Å². The Morgan fingerprint density at radius 3 is 2.85 bits per heavy atom. The van der Waals surface area contributed by atoms with Crippen LogP contribution in [-0.4, -0.2) is 9.55 Å². The SMILES string of the molecule is Cn1c(CN)nc2cccc(N)c21. The molecule has 68 valence electrons. The van der Waals surface area contributed by atoms with Gasteiger partial charge in [-0.15, -0.1) is 0 Å². The molecule has 1 heterocycles. The maximum absolute atomic E-state index is 5.82. The Hall–Kier alpha value is -1.55. The molecule has 2 aromatic rings. The summed E-state index contributed by atoms with van der Waals surface area (Å²) in [5.74, 6) is 0.855. The first-order valence-electron chi connectivity index (χ1n) is 4.14. The molecule has 2 rings (SSSR count). The van der Waals surface area contributed by atoms with Crippen molar-refractivity contribution in [3.63, 3.8) is 0 Å². The number of anilines is 1. The zero-order chi connectivity index (χ0) is 9.42. The Kier molecular flexibility index (Phi) is 1.70. The number of hydrogen-bond acceptors (Lipinski definition) is 3. The van der Waals surface area contributed by atoms with Gasteiger partial charge in [0, 0.05) is 7.05 Å². The van der Waals surface area contributed by atoms with Gasteiger partial charge < -0.3 is 16.0 Å². The highest BCUT2D eigenvalue weighted by molar-refractivity contribution is 5.87. The Morgan fingerprint density at radius 1 is 1.46 bits per heavy atom. The molecule has 0 amide bonds. The van der Waals surface area contributed by atoms with E-state index in [0.29, 0.717) is 6.54 Å². The summed E-state index contributed by atoms with van der Waals surface area (Å²) in [4.78, 5) is 4.35. The molecule has 0 fully saturated rings.